The maximum absolute atomic E-state index is 14.2. The summed E-state index contributed by atoms with van der Waals surface area (Å²) in [5, 5.41) is 0.810. The van der Waals surface area contributed by atoms with Crippen LogP contribution < -0.4 is 4.90 Å². The van der Waals surface area contributed by atoms with Crippen molar-refractivity contribution < 1.29 is 9.18 Å². The van der Waals surface area contributed by atoms with Crippen LogP contribution in [0.1, 0.15) is 37.3 Å². The van der Waals surface area contributed by atoms with Crippen LogP contribution in [0.5, 0.6) is 0 Å². The van der Waals surface area contributed by atoms with Crippen LogP contribution in [0.25, 0.3) is 0 Å². The van der Waals surface area contributed by atoms with E-state index in [1.807, 2.05) is 27.1 Å². The van der Waals surface area contributed by atoms with Crippen LogP contribution in [0.3, 0.4) is 0 Å². The second-order valence-electron chi connectivity index (χ2n) is 8.74. The molecule has 1 heterocycles. The van der Waals surface area contributed by atoms with E-state index in [1.54, 1.807) is 29.2 Å². The standard InChI is InChI=1S/C26H29Cl2FN2O/c1-18-13-20(14-21-10-6-7-11-24(21)29)17-31(26(18)32)25-22(27)15-19(16-23(25)28)9-5-4-8-12-30(2)3/h6-7,10-11,15-16,18,20H,4,8,12-14,17H2,1-3H3/t18-,20-/m1/s1. The van der Waals surface area contributed by atoms with Gasteiger partial charge in [0.05, 0.1) is 15.7 Å². The summed E-state index contributed by atoms with van der Waals surface area (Å²) in [6, 6.07) is 10.3. The Hall–Kier alpha value is -2.06. The number of hydrogen-bond acceptors (Lipinski definition) is 2. The number of nitrogens with zero attached hydrogens (tertiary/aromatic N) is 2. The molecule has 6 heteroatoms. The van der Waals surface area contributed by atoms with E-state index < -0.39 is 0 Å². The van der Waals surface area contributed by atoms with Gasteiger partial charge in [-0.3, -0.25) is 4.79 Å². The monoisotopic (exact) mass is 474 g/mol. The van der Waals surface area contributed by atoms with Crippen molar-refractivity contribution in [3.8, 4) is 11.8 Å². The first-order valence-corrected chi connectivity index (χ1v) is 11.7. The van der Waals surface area contributed by atoms with Gasteiger partial charge >= 0.3 is 0 Å². The summed E-state index contributed by atoms with van der Waals surface area (Å²) in [5.41, 5.74) is 1.91. The summed E-state index contributed by atoms with van der Waals surface area (Å²) in [5.74, 6) is 5.97. The zero-order valence-corrected chi connectivity index (χ0v) is 20.3. The maximum atomic E-state index is 14.2. The molecule has 3 nitrogen and oxygen atoms in total. The largest absolute Gasteiger partial charge is 0.309 e. The highest BCUT2D eigenvalue weighted by molar-refractivity contribution is 6.40. The van der Waals surface area contributed by atoms with E-state index >= 15 is 0 Å². The van der Waals surface area contributed by atoms with Gasteiger partial charge in [0.15, 0.2) is 0 Å². The third-order valence-corrected chi connectivity index (χ3v) is 6.28. The first kappa shape index (κ1) is 24.6. The number of halogens is 3. The molecule has 0 saturated carbocycles. The predicted molar refractivity (Wildman–Crippen MR) is 131 cm³/mol. The lowest BCUT2D eigenvalue weighted by Crippen LogP contribution is -2.45. The van der Waals surface area contributed by atoms with Gasteiger partial charge in [0, 0.05) is 24.4 Å². The zero-order valence-electron chi connectivity index (χ0n) is 18.8. The van der Waals surface area contributed by atoms with Gasteiger partial charge in [-0.1, -0.05) is 60.2 Å². The average Bonchev–Trinajstić information content (AvgIpc) is 2.72. The topological polar surface area (TPSA) is 23.6 Å². The maximum Gasteiger partial charge on any atom is 0.229 e. The molecular weight excluding hydrogens is 446 g/mol. The highest BCUT2D eigenvalue weighted by atomic mass is 35.5. The lowest BCUT2D eigenvalue weighted by molar-refractivity contribution is -0.124. The molecule has 0 aliphatic carbocycles. The second kappa shape index (κ2) is 11.2. The van der Waals surface area contributed by atoms with Crippen LogP contribution in [-0.4, -0.2) is 38.0 Å². The SMILES string of the molecule is C[C@@H]1C[C@H](Cc2ccccc2F)CN(c2c(Cl)cc(C#CCCCN(C)C)cc2Cl)C1=O. The van der Waals surface area contributed by atoms with Gasteiger partial charge < -0.3 is 9.80 Å². The Morgan fingerprint density at radius 2 is 1.88 bits per heavy atom. The molecule has 0 radical (unpaired) electrons. The molecule has 1 saturated heterocycles. The number of piperidine rings is 1. The number of amides is 1. The van der Waals surface area contributed by atoms with Crippen LogP contribution in [0.15, 0.2) is 36.4 Å². The minimum atomic E-state index is -0.215. The average molecular weight is 475 g/mol. The van der Waals surface area contributed by atoms with E-state index in [-0.39, 0.29) is 23.6 Å². The number of hydrogen-bond donors (Lipinski definition) is 0. The van der Waals surface area contributed by atoms with Crippen molar-refractivity contribution >= 4 is 34.8 Å². The van der Waals surface area contributed by atoms with Crippen molar-refractivity contribution in [3.63, 3.8) is 0 Å². The van der Waals surface area contributed by atoms with Crippen LogP contribution >= 0.6 is 23.2 Å². The molecule has 2 aromatic rings. The van der Waals surface area contributed by atoms with Gasteiger partial charge in [-0.05, 0) is 69.6 Å². The Balaban J connectivity index is 1.78. The minimum Gasteiger partial charge on any atom is -0.309 e. The Morgan fingerprint density at radius 3 is 2.53 bits per heavy atom. The Bertz CT molecular complexity index is 1000. The predicted octanol–water partition coefficient (Wildman–Crippen LogP) is 6.06. The molecule has 0 bridgehead atoms. The van der Waals surface area contributed by atoms with Crippen LogP contribution in [-0.2, 0) is 11.2 Å². The molecule has 1 aliphatic rings. The lowest BCUT2D eigenvalue weighted by Gasteiger charge is -2.37. The van der Waals surface area contributed by atoms with Gasteiger partial charge in [0.2, 0.25) is 5.91 Å². The van der Waals surface area contributed by atoms with E-state index in [2.05, 4.69) is 16.7 Å². The van der Waals surface area contributed by atoms with Crippen molar-refractivity contribution in [1.29, 1.82) is 0 Å². The summed E-state index contributed by atoms with van der Waals surface area (Å²) in [4.78, 5) is 16.8. The van der Waals surface area contributed by atoms with Crippen LogP contribution in [0, 0.1) is 29.5 Å². The van der Waals surface area contributed by atoms with Crippen LogP contribution in [0.2, 0.25) is 10.0 Å². The quantitative estimate of drug-likeness (QED) is 0.375. The highest BCUT2D eigenvalue weighted by Crippen LogP contribution is 2.39. The molecular formula is C26H29Cl2FN2O. The fourth-order valence-electron chi connectivity index (χ4n) is 4.16. The first-order chi connectivity index (χ1) is 15.3. The Labute approximate surface area is 200 Å². The third kappa shape index (κ3) is 6.25. The lowest BCUT2D eigenvalue weighted by atomic mass is 9.85. The van der Waals surface area contributed by atoms with Crippen molar-refractivity contribution in [3.05, 3.63) is 63.4 Å². The molecule has 0 aromatic heterocycles. The van der Waals surface area contributed by atoms with E-state index in [1.165, 1.54) is 6.07 Å². The van der Waals surface area contributed by atoms with Gasteiger partial charge in [-0.2, -0.15) is 0 Å². The summed E-state index contributed by atoms with van der Waals surface area (Å²) >= 11 is 13.2. The molecule has 3 rings (SSSR count). The molecule has 1 amide bonds. The number of benzene rings is 2. The van der Waals surface area contributed by atoms with E-state index in [9.17, 15) is 9.18 Å². The molecule has 1 aliphatic heterocycles. The van der Waals surface area contributed by atoms with Crippen LogP contribution in [0.4, 0.5) is 10.1 Å². The summed E-state index contributed by atoms with van der Waals surface area (Å²) in [6.45, 7) is 3.34. The van der Waals surface area contributed by atoms with E-state index in [0.29, 0.717) is 40.7 Å². The summed E-state index contributed by atoms with van der Waals surface area (Å²) in [7, 11) is 4.07. The van der Waals surface area contributed by atoms with Gasteiger partial charge in [0.1, 0.15) is 5.82 Å². The van der Waals surface area contributed by atoms with Crippen molar-refractivity contribution in [2.75, 3.05) is 32.1 Å². The third-order valence-electron chi connectivity index (χ3n) is 5.71. The summed E-state index contributed by atoms with van der Waals surface area (Å²) in [6.07, 6.45) is 3.04. The number of carbonyl (C=O) groups excluding carboxylic acids is 1. The molecule has 32 heavy (non-hydrogen) atoms. The number of rotatable bonds is 6. The van der Waals surface area contributed by atoms with Crippen molar-refractivity contribution in [2.45, 2.75) is 32.6 Å². The molecule has 0 spiro atoms. The van der Waals surface area contributed by atoms with Gasteiger partial charge in [-0.15, -0.1) is 0 Å². The Kier molecular flexibility index (Phi) is 8.59. The Morgan fingerprint density at radius 1 is 1.19 bits per heavy atom. The smallest absolute Gasteiger partial charge is 0.229 e. The molecule has 0 unspecified atom stereocenters. The fraction of sp³-hybridized carbons (Fsp3) is 0.423. The summed E-state index contributed by atoms with van der Waals surface area (Å²) < 4.78 is 14.2. The van der Waals surface area contributed by atoms with Gasteiger partial charge in [0.25, 0.3) is 0 Å². The van der Waals surface area contributed by atoms with Crippen molar-refractivity contribution in [2.24, 2.45) is 11.8 Å². The second-order valence-corrected chi connectivity index (χ2v) is 9.56. The molecule has 170 valence electrons. The molecule has 0 N–H and O–H groups in total. The molecule has 2 aromatic carbocycles. The first-order valence-electron chi connectivity index (χ1n) is 10.9. The number of unbranched alkanes of at least 4 members (excludes halogenated alkanes) is 1. The van der Waals surface area contributed by atoms with E-state index in [4.69, 9.17) is 23.2 Å². The zero-order chi connectivity index (χ0) is 23.3. The minimum absolute atomic E-state index is 0.0129. The number of anilines is 1. The van der Waals surface area contributed by atoms with Gasteiger partial charge in [-0.25, -0.2) is 4.39 Å². The normalized spacial score (nSPS) is 18.6. The number of carbonyl (C=O) groups is 1. The van der Waals surface area contributed by atoms with E-state index in [0.717, 1.165) is 24.9 Å². The molecule has 2 atom stereocenters. The fourth-order valence-corrected chi connectivity index (χ4v) is 4.85. The highest BCUT2D eigenvalue weighted by Gasteiger charge is 2.34. The van der Waals surface area contributed by atoms with Crippen molar-refractivity contribution in [1.82, 2.24) is 4.90 Å². The molecule has 1 fully saturated rings.